The minimum absolute atomic E-state index is 0.0607. The highest BCUT2D eigenvalue weighted by Gasteiger charge is 2.34. The number of thiazole rings is 1. The molecule has 0 amide bonds. The maximum atomic E-state index is 11.3. The van der Waals surface area contributed by atoms with Crippen LogP contribution in [-0.4, -0.2) is 32.7 Å². The van der Waals surface area contributed by atoms with Crippen molar-refractivity contribution in [2.24, 2.45) is 0 Å². The average molecular weight is 370 g/mol. The van der Waals surface area contributed by atoms with Crippen molar-refractivity contribution in [3.05, 3.63) is 46.0 Å². The Kier molecular flexibility index (Phi) is 4.41. The van der Waals surface area contributed by atoms with E-state index in [9.17, 15) is 18.5 Å². The van der Waals surface area contributed by atoms with Gasteiger partial charge in [0.25, 0.3) is 5.69 Å². The summed E-state index contributed by atoms with van der Waals surface area (Å²) < 4.78 is 29.5. The van der Waals surface area contributed by atoms with Gasteiger partial charge >= 0.3 is 15.3 Å². The largest absolute Gasteiger partial charge is 0.446 e. The van der Waals surface area contributed by atoms with Gasteiger partial charge in [0.05, 0.1) is 23.1 Å². The second-order valence-electron chi connectivity index (χ2n) is 5.53. The first kappa shape index (κ1) is 16.7. The molecule has 0 N–H and O–H groups in total. The van der Waals surface area contributed by atoms with E-state index in [1.807, 2.05) is 10.8 Å². The lowest BCUT2D eigenvalue weighted by Gasteiger charge is -2.16. The molecular formula is C14H16N3O5S2+. The third-order valence-corrected chi connectivity index (χ3v) is 5.13. The predicted octanol–water partition coefficient (Wildman–Crippen LogP) is 1.73. The molecule has 2 heterocycles. The van der Waals surface area contributed by atoms with Crippen LogP contribution in [0.25, 0.3) is 0 Å². The molecule has 1 unspecified atom stereocenters. The van der Waals surface area contributed by atoms with E-state index in [4.69, 9.17) is 4.18 Å². The van der Waals surface area contributed by atoms with Crippen LogP contribution in [0, 0.1) is 10.1 Å². The molecule has 0 saturated carbocycles. The molecule has 128 valence electrons. The van der Waals surface area contributed by atoms with E-state index in [0.717, 1.165) is 24.9 Å². The third-order valence-electron chi connectivity index (χ3n) is 3.81. The number of nitro benzene ring substituents is 1. The van der Waals surface area contributed by atoms with Crippen LogP contribution < -0.4 is 13.7 Å². The zero-order chi connectivity index (χ0) is 17.3. The number of non-ortho nitro benzene ring substituents is 1. The fraction of sp³-hybridized carbons (Fsp3) is 0.357. The fourth-order valence-corrected chi connectivity index (χ4v) is 4.24. The molecule has 0 radical (unpaired) electrons. The van der Waals surface area contributed by atoms with E-state index in [1.165, 1.54) is 23.5 Å². The van der Waals surface area contributed by atoms with Gasteiger partial charge in [-0.15, -0.1) is 0 Å². The van der Waals surface area contributed by atoms with Crippen LogP contribution in [0.3, 0.4) is 0 Å². The van der Waals surface area contributed by atoms with E-state index in [2.05, 4.69) is 4.90 Å². The molecule has 1 fully saturated rings. The molecule has 0 bridgehead atoms. The van der Waals surface area contributed by atoms with Crippen LogP contribution in [0.15, 0.2) is 35.8 Å². The van der Waals surface area contributed by atoms with E-state index in [0.29, 0.717) is 11.7 Å². The lowest BCUT2D eigenvalue weighted by atomic mass is 10.2. The Labute approximate surface area is 143 Å². The molecule has 1 atom stereocenters. The van der Waals surface area contributed by atoms with Crippen LogP contribution in [-0.2, 0) is 10.1 Å². The zero-order valence-corrected chi connectivity index (χ0v) is 14.5. The topological polar surface area (TPSA) is 93.6 Å². The molecular weight excluding hydrogens is 354 g/mol. The van der Waals surface area contributed by atoms with Gasteiger partial charge in [-0.3, -0.25) is 10.1 Å². The average Bonchev–Trinajstić information content (AvgIpc) is 3.14. The van der Waals surface area contributed by atoms with Gasteiger partial charge in [-0.25, -0.2) is 0 Å². The summed E-state index contributed by atoms with van der Waals surface area (Å²) in [6.07, 6.45) is 3.67. The second-order valence-corrected chi connectivity index (χ2v) is 7.96. The van der Waals surface area contributed by atoms with Crippen LogP contribution in [0.5, 0.6) is 5.19 Å². The first-order chi connectivity index (χ1) is 11.3. The van der Waals surface area contributed by atoms with Crippen molar-refractivity contribution in [2.75, 3.05) is 24.2 Å². The highest BCUT2D eigenvalue weighted by Crippen LogP contribution is 2.28. The van der Waals surface area contributed by atoms with Gasteiger partial charge in [0, 0.05) is 30.8 Å². The van der Waals surface area contributed by atoms with Gasteiger partial charge in [0.15, 0.2) is 12.2 Å². The standard InChI is InChI=1S/C14H16N3O5S2/c1-24(20,21)22-14-16(8-9-23-14)13-6-7-15(10-13)11-2-4-12(5-3-11)17(18)19/h2-5,8-9,13H,6-7,10H2,1H3/q+1. The van der Waals surface area contributed by atoms with Gasteiger partial charge in [-0.2, -0.15) is 13.0 Å². The van der Waals surface area contributed by atoms with Crippen molar-refractivity contribution < 1.29 is 22.1 Å². The van der Waals surface area contributed by atoms with Crippen LogP contribution in [0.1, 0.15) is 12.5 Å². The number of hydrogen-bond donors (Lipinski definition) is 0. The summed E-state index contributed by atoms with van der Waals surface area (Å²) >= 11 is 1.23. The molecule has 1 aliphatic rings. The molecule has 1 aromatic heterocycles. The number of nitro groups is 1. The van der Waals surface area contributed by atoms with Crippen molar-refractivity contribution in [2.45, 2.75) is 12.5 Å². The summed E-state index contributed by atoms with van der Waals surface area (Å²) in [5, 5.41) is 12.8. The quantitative estimate of drug-likeness (QED) is 0.344. The first-order valence-corrected chi connectivity index (χ1v) is 9.90. The number of hydrogen-bond acceptors (Lipinski definition) is 7. The Morgan fingerprint density at radius 1 is 1.38 bits per heavy atom. The van der Waals surface area contributed by atoms with E-state index >= 15 is 0 Å². The summed E-state index contributed by atoms with van der Waals surface area (Å²) in [5.41, 5.74) is 0.968. The summed E-state index contributed by atoms with van der Waals surface area (Å²) in [6, 6.07) is 6.51. The zero-order valence-electron chi connectivity index (χ0n) is 12.9. The number of nitrogens with zero attached hydrogens (tertiary/aromatic N) is 3. The summed E-state index contributed by atoms with van der Waals surface area (Å²) in [6.45, 7) is 1.46. The molecule has 1 saturated heterocycles. The van der Waals surface area contributed by atoms with Gasteiger partial charge < -0.3 is 9.08 Å². The predicted molar refractivity (Wildman–Crippen MR) is 88.9 cm³/mol. The molecule has 1 aliphatic heterocycles. The SMILES string of the molecule is CS(=O)(=O)Oc1scc[n+]1C1CCN(c2ccc([N+](=O)[O-])cc2)C1. The van der Waals surface area contributed by atoms with Crippen LogP contribution in [0.2, 0.25) is 0 Å². The van der Waals surface area contributed by atoms with Gasteiger partial charge in [-0.1, -0.05) is 0 Å². The first-order valence-electron chi connectivity index (χ1n) is 7.21. The molecule has 2 aromatic rings. The Morgan fingerprint density at radius 2 is 2.08 bits per heavy atom. The Hall–Kier alpha value is -2.20. The monoisotopic (exact) mass is 370 g/mol. The molecule has 8 nitrogen and oxygen atoms in total. The molecule has 24 heavy (non-hydrogen) atoms. The molecule has 1 aromatic carbocycles. The smallest absolute Gasteiger partial charge is 0.365 e. The molecule has 10 heteroatoms. The number of rotatable bonds is 5. The minimum Gasteiger partial charge on any atom is -0.365 e. The van der Waals surface area contributed by atoms with Crippen molar-refractivity contribution in [3.63, 3.8) is 0 Å². The highest BCUT2D eigenvalue weighted by molar-refractivity contribution is 7.86. The van der Waals surface area contributed by atoms with Gasteiger partial charge in [0.1, 0.15) is 0 Å². The van der Waals surface area contributed by atoms with E-state index in [1.54, 1.807) is 17.5 Å². The highest BCUT2D eigenvalue weighted by atomic mass is 32.2. The van der Waals surface area contributed by atoms with Crippen molar-refractivity contribution >= 4 is 32.8 Å². The lowest BCUT2D eigenvalue weighted by Crippen LogP contribution is -2.40. The number of benzene rings is 1. The van der Waals surface area contributed by atoms with Gasteiger partial charge in [0.2, 0.25) is 0 Å². The number of anilines is 1. The molecule has 3 rings (SSSR count). The maximum Gasteiger partial charge on any atom is 0.446 e. The maximum absolute atomic E-state index is 11.3. The summed E-state index contributed by atoms with van der Waals surface area (Å²) in [5.74, 6) is 0. The third kappa shape index (κ3) is 3.65. The van der Waals surface area contributed by atoms with Crippen molar-refractivity contribution in [1.29, 1.82) is 0 Å². The Bertz CT molecular complexity index is 848. The summed E-state index contributed by atoms with van der Waals surface area (Å²) in [4.78, 5) is 12.4. The summed E-state index contributed by atoms with van der Waals surface area (Å²) in [7, 11) is -3.57. The van der Waals surface area contributed by atoms with Crippen molar-refractivity contribution in [3.8, 4) is 5.19 Å². The van der Waals surface area contributed by atoms with E-state index < -0.39 is 15.0 Å². The number of aromatic nitrogens is 1. The second kappa shape index (κ2) is 6.36. The minimum atomic E-state index is -3.57. The van der Waals surface area contributed by atoms with Crippen LogP contribution in [0.4, 0.5) is 11.4 Å². The normalized spacial score (nSPS) is 17.9. The lowest BCUT2D eigenvalue weighted by molar-refractivity contribution is -0.716. The van der Waals surface area contributed by atoms with Gasteiger partial charge in [-0.05, 0) is 23.5 Å². The Balaban J connectivity index is 1.74. The molecule has 0 spiro atoms. The van der Waals surface area contributed by atoms with Crippen molar-refractivity contribution in [1.82, 2.24) is 0 Å². The Morgan fingerprint density at radius 3 is 2.71 bits per heavy atom. The van der Waals surface area contributed by atoms with E-state index in [-0.39, 0.29) is 11.7 Å². The fourth-order valence-electron chi connectivity index (χ4n) is 2.73. The van der Waals surface area contributed by atoms with Crippen LogP contribution >= 0.6 is 11.3 Å². The molecule has 0 aliphatic carbocycles.